The zero-order chi connectivity index (χ0) is 11.4. The summed E-state index contributed by atoms with van der Waals surface area (Å²) in [6.45, 7) is 0.330. The van der Waals surface area contributed by atoms with Gasteiger partial charge in [-0.1, -0.05) is 30.2 Å². The number of benzene rings is 1. The molecule has 2 rings (SSSR count). The highest BCUT2D eigenvalue weighted by Crippen LogP contribution is 2.25. The molecule has 0 radical (unpaired) electrons. The van der Waals surface area contributed by atoms with E-state index in [0.717, 1.165) is 19.3 Å². The third kappa shape index (κ3) is 2.25. The van der Waals surface area contributed by atoms with Gasteiger partial charge in [0, 0.05) is 5.92 Å². The van der Waals surface area contributed by atoms with Crippen molar-refractivity contribution in [3.8, 4) is 12.3 Å². The first kappa shape index (κ1) is 10.8. The van der Waals surface area contributed by atoms with Crippen LogP contribution in [0.4, 0.5) is 0 Å². The summed E-state index contributed by atoms with van der Waals surface area (Å²) in [5, 5.41) is 2.76. The molecule has 0 bridgehead atoms. The number of hydrogen-bond acceptors (Lipinski definition) is 1. The van der Waals surface area contributed by atoms with Crippen molar-refractivity contribution in [1.29, 1.82) is 0 Å². The largest absolute Gasteiger partial charge is 0.345 e. The molecule has 0 saturated heterocycles. The molecule has 0 spiro atoms. The van der Waals surface area contributed by atoms with Gasteiger partial charge in [0.15, 0.2) is 0 Å². The Labute approximate surface area is 96.1 Å². The van der Waals surface area contributed by atoms with E-state index in [0.29, 0.717) is 6.54 Å². The maximum absolute atomic E-state index is 11.8. The normalized spacial score (nSPS) is 18.3. The van der Waals surface area contributed by atoms with E-state index in [1.165, 1.54) is 11.1 Å². The molecule has 0 heterocycles. The first-order valence-electron chi connectivity index (χ1n) is 5.59. The van der Waals surface area contributed by atoms with E-state index in [1.807, 2.05) is 6.07 Å². The predicted molar refractivity (Wildman–Crippen MR) is 63.8 cm³/mol. The number of rotatable bonds is 2. The number of amides is 1. The fraction of sp³-hybridized carbons (Fsp3) is 0.357. The number of carbonyl (C=O) groups is 1. The predicted octanol–water partition coefficient (Wildman–Crippen LogP) is 1.54. The number of hydrogen-bond donors (Lipinski definition) is 1. The summed E-state index contributed by atoms with van der Waals surface area (Å²) in [6.07, 6.45) is 7.87. The van der Waals surface area contributed by atoms with Crippen LogP contribution in [0, 0.1) is 18.3 Å². The summed E-state index contributed by atoms with van der Waals surface area (Å²) < 4.78 is 0. The Morgan fingerprint density at radius 3 is 2.94 bits per heavy atom. The third-order valence-corrected chi connectivity index (χ3v) is 3.08. The molecule has 0 saturated carbocycles. The second kappa shape index (κ2) is 4.85. The molecular formula is C14H15NO. The molecule has 1 aliphatic carbocycles. The summed E-state index contributed by atoms with van der Waals surface area (Å²) in [7, 11) is 0. The zero-order valence-electron chi connectivity index (χ0n) is 9.20. The Morgan fingerprint density at radius 2 is 2.19 bits per heavy atom. The van der Waals surface area contributed by atoms with E-state index >= 15 is 0 Å². The highest BCUT2D eigenvalue weighted by atomic mass is 16.1. The fourth-order valence-electron chi connectivity index (χ4n) is 2.20. The first-order chi connectivity index (χ1) is 7.81. The number of aryl methyl sites for hydroxylation is 1. The number of carbonyl (C=O) groups excluding carboxylic acids is 1. The van der Waals surface area contributed by atoms with Gasteiger partial charge in [-0.15, -0.1) is 6.42 Å². The summed E-state index contributed by atoms with van der Waals surface area (Å²) in [4.78, 5) is 11.8. The van der Waals surface area contributed by atoms with Gasteiger partial charge >= 0.3 is 0 Å². The minimum absolute atomic E-state index is 0.0863. The molecule has 1 aliphatic rings. The maximum atomic E-state index is 11.8. The molecule has 0 fully saturated rings. The highest BCUT2D eigenvalue weighted by molar-refractivity contribution is 5.79. The summed E-state index contributed by atoms with van der Waals surface area (Å²) >= 11 is 0. The Kier molecular flexibility index (Phi) is 3.26. The van der Waals surface area contributed by atoms with Crippen LogP contribution in [-0.2, 0) is 17.6 Å². The SMILES string of the molecule is C#CCNC(=O)C1CCc2ccccc2C1. The molecule has 1 unspecified atom stereocenters. The van der Waals surface area contributed by atoms with Gasteiger partial charge in [0.1, 0.15) is 0 Å². The molecular weight excluding hydrogens is 198 g/mol. The second-order valence-electron chi connectivity index (χ2n) is 4.13. The summed E-state index contributed by atoms with van der Waals surface area (Å²) in [6, 6.07) is 8.33. The molecule has 1 atom stereocenters. The number of fused-ring (bicyclic) bond motifs is 1. The van der Waals surface area contributed by atoms with Crippen LogP contribution in [0.3, 0.4) is 0 Å². The Balaban J connectivity index is 2.03. The monoisotopic (exact) mass is 213 g/mol. The quantitative estimate of drug-likeness (QED) is 0.742. The zero-order valence-corrected chi connectivity index (χ0v) is 9.20. The Bertz CT molecular complexity index is 431. The van der Waals surface area contributed by atoms with Crippen molar-refractivity contribution >= 4 is 5.91 Å². The molecule has 82 valence electrons. The lowest BCUT2D eigenvalue weighted by molar-refractivity contribution is -0.125. The first-order valence-corrected chi connectivity index (χ1v) is 5.59. The van der Waals surface area contributed by atoms with E-state index in [2.05, 4.69) is 29.4 Å². The van der Waals surface area contributed by atoms with Gasteiger partial charge in [-0.05, 0) is 30.4 Å². The second-order valence-corrected chi connectivity index (χ2v) is 4.13. The van der Waals surface area contributed by atoms with Crippen molar-refractivity contribution in [2.75, 3.05) is 6.54 Å². The van der Waals surface area contributed by atoms with Crippen LogP contribution in [0.2, 0.25) is 0 Å². The summed E-state index contributed by atoms with van der Waals surface area (Å²) in [5.74, 6) is 2.60. The third-order valence-electron chi connectivity index (χ3n) is 3.08. The molecule has 1 N–H and O–H groups in total. The Morgan fingerprint density at radius 1 is 1.44 bits per heavy atom. The minimum atomic E-state index is 0.0863. The highest BCUT2D eigenvalue weighted by Gasteiger charge is 2.23. The molecule has 1 aromatic rings. The van der Waals surface area contributed by atoms with Gasteiger partial charge < -0.3 is 5.32 Å². The van der Waals surface area contributed by atoms with Crippen LogP contribution in [0.1, 0.15) is 17.5 Å². The molecule has 2 nitrogen and oxygen atoms in total. The maximum Gasteiger partial charge on any atom is 0.224 e. The van der Waals surface area contributed by atoms with Gasteiger partial charge in [-0.25, -0.2) is 0 Å². The van der Waals surface area contributed by atoms with Crippen LogP contribution in [-0.4, -0.2) is 12.5 Å². The molecule has 0 aromatic heterocycles. The van der Waals surface area contributed by atoms with Gasteiger partial charge in [0.05, 0.1) is 6.54 Å². The van der Waals surface area contributed by atoms with Gasteiger partial charge in [0.25, 0.3) is 0 Å². The van der Waals surface area contributed by atoms with Crippen molar-refractivity contribution in [1.82, 2.24) is 5.32 Å². The van der Waals surface area contributed by atoms with Gasteiger partial charge in [-0.2, -0.15) is 0 Å². The summed E-state index contributed by atoms with van der Waals surface area (Å²) in [5.41, 5.74) is 2.68. The van der Waals surface area contributed by atoms with Crippen molar-refractivity contribution in [3.63, 3.8) is 0 Å². The molecule has 0 aliphatic heterocycles. The standard InChI is InChI=1S/C14H15NO/c1-2-9-15-14(16)13-8-7-11-5-3-4-6-12(11)10-13/h1,3-6,13H,7-10H2,(H,15,16). The average Bonchev–Trinajstić information content (AvgIpc) is 2.35. The van der Waals surface area contributed by atoms with E-state index in [9.17, 15) is 4.79 Å². The molecule has 1 aromatic carbocycles. The van der Waals surface area contributed by atoms with Crippen molar-refractivity contribution in [2.24, 2.45) is 5.92 Å². The lowest BCUT2D eigenvalue weighted by Crippen LogP contribution is -2.34. The van der Waals surface area contributed by atoms with Gasteiger partial charge in [0.2, 0.25) is 5.91 Å². The van der Waals surface area contributed by atoms with Crippen LogP contribution < -0.4 is 5.32 Å². The van der Waals surface area contributed by atoms with Crippen LogP contribution in [0.25, 0.3) is 0 Å². The van der Waals surface area contributed by atoms with E-state index < -0.39 is 0 Å². The van der Waals surface area contributed by atoms with Crippen LogP contribution >= 0.6 is 0 Å². The number of terminal acetylenes is 1. The van der Waals surface area contributed by atoms with E-state index in [4.69, 9.17) is 6.42 Å². The molecule has 1 amide bonds. The Hall–Kier alpha value is -1.75. The molecule has 2 heteroatoms. The fourth-order valence-corrected chi connectivity index (χ4v) is 2.20. The number of nitrogens with one attached hydrogen (secondary N) is 1. The minimum Gasteiger partial charge on any atom is -0.345 e. The van der Waals surface area contributed by atoms with Crippen LogP contribution in [0.15, 0.2) is 24.3 Å². The van der Waals surface area contributed by atoms with Crippen molar-refractivity contribution in [2.45, 2.75) is 19.3 Å². The van der Waals surface area contributed by atoms with E-state index in [1.54, 1.807) is 0 Å². The lowest BCUT2D eigenvalue weighted by Gasteiger charge is -2.23. The topological polar surface area (TPSA) is 29.1 Å². The van der Waals surface area contributed by atoms with Gasteiger partial charge in [-0.3, -0.25) is 4.79 Å². The van der Waals surface area contributed by atoms with Crippen molar-refractivity contribution < 1.29 is 4.79 Å². The van der Waals surface area contributed by atoms with E-state index in [-0.39, 0.29) is 11.8 Å². The smallest absolute Gasteiger partial charge is 0.224 e. The van der Waals surface area contributed by atoms with Crippen LogP contribution in [0.5, 0.6) is 0 Å². The lowest BCUT2D eigenvalue weighted by atomic mass is 9.83. The molecule has 16 heavy (non-hydrogen) atoms. The van der Waals surface area contributed by atoms with Crippen molar-refractivity contribution in [3.05, 3.63) is 35.4 Å². The average molecular weight is 213 g/mol.